The lowest BCUT2D eigenvalue weighted by Crippen LogP contribution is -2.10. The standard InChI is InChI=1S/C9H10F2N2O2/c10-9(11)6-15-4-1-8(14)7-5-12-2-3-13-7/h2-3,5,9H,1,4,6H2. The number of alkyl halides is 2. The molecule has 0 bridgehead atoms. The van der Waals surface area contributed by atoms with Crippen LogP contribution in [0.5, 0.6) is 0 Å². The van der Waals surface area contributed by atoms with Gasteiger partial charge in [0.1, 0.15) is 12.3 Å². The van der Waals surface area contributed by atoms with Gasteiger partial charge in [0.2, 0.25) is 0 Å². The summed E-state index contributed by atoms with van der Waals surface area (Å²) < 4.78 is 27.9. The summed E-state index contributed by atoms with van der Waals surface area (Å²) in [6, 6.07) is 0. The summed E-state index contributed by atoms with van der Waals surface area (Å²) in [5, 5.41) is 0. The van der Waals surface area contributed by atoms with Gasteiger partial charge in [-0.05, 0) is 0 Å². The van der Waals surface area contributed by atoms with Crippen molar-refractivity contribution >= 4 is 5.78 Å². The average molecular weight is 216 g/mol. The Morgan fingerprint density at radius 1 is 1.47 bits per heavy atom. The van der Waals surface area contributed by atoms with E-state index >= 15 is 0 Å². The highest BCUT2D eigenvalue weighted by molar-refractivity contribution is 5.93. The Bertz CT molecular complexity index is 306. The predicted molar refractivity (Wildman–Crippen MR) is 47.8 cm³/mol. The Morgan fingerprint density at radius 2 is 2.27 bits per heavy atom. The molecule has 0 spiro atoms. The average Bonchev–Trinajstić information content (AvgIpc) is 2.25. The van der Waals surface area contributed by atoms with Gasteiger partial charge in [-0.25, -0.2) is 13.8 Å². The van der Waals surface area contributed by atoms with Gasteiger partial charge < -0.3 is 4.74 Å². The van der Waals surface area contributed by atoms with Crippen molar-refractivity contribution < 1.29 is 18.3 Å². The molecule has 0 atom stereocenters. The van der Waals surface area contributed by atoms with Gasteiger partial charge in [0.15, 0.2) is 5.78 Å². The van der Waals surface area contributed by atoms with Crippen LogP contribution >= 0.6 is 0 Å². The Kier molecular flexibility index (Phi) is 4.76. The van der Waals surface area contributed by atoms with Crippen LogP contribution in [0, 0.1) is 0 Å². The van der Waals surface area contributed by atoms with Crippen LogP contribution in [0.15, 0.2) is 18.6 Å². The monoisotopic (exact) mass is 216 g/mol. The Balaban J connectivity index is 2.25. The van der Waals surface area contributed by atoms with Crippen molar-refractivity contribution in [2.75, 3.05) is 13.2 Å². The predicted octanol–water partition coefficient (Wildman–Crippen LogP) is 1.33. The summed E-state index contributed by atoms with van der Waals surface area (Å²) in [6.07, 6.45) is 1.70. The van der Waals surface area contributed by atoms with E-state index in [4.69, 9.17) is 0 Å². The fourth-order valence-corrected chi connectivity index (χ4v) is 0.908. The molecule has 0 aliphatic heterocycles. The number of hydrogen-bond donors (Lipinski definition) is 0. The molecule has 1 aromatic rings. The van der Waals surface area contributed by atoms with Gasteiger partial charge in [-0.3, -0.25) is 9.78 Å². The molecule has 0 fully saturated rings. The van der Waals surface area contributed by atoms with Gasteiger partial charge in [0.05, 0.1) is 12.8 Å². The van der Waals surface area contributed by atoms with Crippen LogP contribution in [0.2, 0.25) is 0 Å². The first-order chi connectivity index (χ1) is 7.20. The summed E-state index contributed by atoms with van der Waals surface area (Å²) in [6.45, 7) is -0.673. The van der Waals surface area contributed by atoms with Crippen molar-refractivity contribution in [3.8, 4) is 0 Å². The Labute approximate surface area is 85.3 Å². The molecule has 0 unspecified atom stereocenters. The maximum Gasteiger partial charge on any atom is 0.261 e. The van der Waals surface area contributed by atoms with Gasteiger partial charge in [-0.1, -0.05) is 0 Å². The number of nitrogens with zero attached hydrogens (tertiary/aromatic N) is 2. The zero-order valence-corrected chi connectivity index (χ0v) is 7.90. The highest BCUT2D eigenvalue weighted by atomic mass is 19.3. The lowest BCUT2D eigenvalue weighted by molar-refractivity contribution is 0.0169. The Morgan fingerprint density at radius 3 is 2.87 bits per heavy atom. The quantitative estimate of drug-likeness (QED) is 0.531. The van der Waals surface area contributed by atoms with E-state index in [0.717, 1.165) is 0 Å². The van der Waals surface area contributed by atoms with E-state index in [9.17, 15) is 13.6 Å². The summed E-state index contributed by atoms with van der Waals surface area (Å²) in [7, 11) is 0. The fourth-order valence-electron chi connectivity index (χ4n) is 0.908. The van der Waals surface area contributed by atoms with Crippen molar-refractivity contribution in [1.29, 1.82) is 0 Å². The smallest absolute Gasteiger partial charge is 0.261 e. The molecule has 0 saturated carbocycles. The van der Waals surface area contributed by atoms with E-state index in [1.54, 1.807) is 0 Å². The maximum atomic E-state index is 11.6. The second kappa shape index (κ2) is 6.13. The number of aromatic nitrogens is 2. The zero-order valence-electron chi connectivity index (χ0n) is 7.90. The number of Topliss-reactive ketones (excluding diaryl/α,β-unsaturated/α-hetero) is 1. The molecule has 82 valence electrons. The van der Waals surface area contributed by atoms with Gasteiger partial charge in [0.25, 0.3) is 6.43 Å². The molecule has 0 radical (unpaired) electrons. The van der Waals surface area contributed by atoms with Crippen molar-refractivity contribution in [3.05, 3.63) is 24.3 Å². The number of ketones is 1. The number of carbonyl (C=O) groups is 1. The normalized spacial score (nSPS) is 10.6. The van der Waals surface area contributed by atoms with E-state index in [1.165, 1.54) is 18.6 Å². The molecule has 6 heteroatoms. The van der Waals surface area contributed by atoms with Crippen LogP contribution in [-0.2, 0) is 4.74 Å². The van der Waals surface area contributed by atoms with Crippen LogP contribution in [0.4, 0.5) is 8.78 Å². The van der Waals surface area contributed by atoms with Crippen LogP contribution in [0.3, 0.4) is 0 Å². The fraction of sp³-hybridized carbons (Fsp3) is 0.444. The van der Waals surface area contributed by atoms with E-state index in [0.29, 0.717) is 0 Å². The highest BCUT2D eigenvalue weighted by Gasteiger charge is 2.08. The van der Waals surface area contributed by atoms with Crippen molar-refractivity contribution in [2.45, 2.75) is 12.8 Å². The minimum absolute atomic E-state index is 0.0280. The molecule has 4 nitrogen and oxygen atoms in total. The Hall–Kier alpha value is -1.43. The van der Waals surface area contributed by atoms with E-state index < -0.39 is 13.0 Å². The molecular weight excluding hydrogens is 206 g/mol. The van der Waals surface area contributed by atoms with Crippen LogP contribution in [0.25, 0.3) is 0 Å². The lowest BCUT2D eigenvalue weighted by Gasteiger charge is -2.02. The first kappa shape index (κ1) is 11.6. The van der Waals surface area contributed by atoms with Crippen molar-refractivity contribution in [3.63, 3.8) is 0 Å². The van der Waals surface area contributed by atoms with Gasteiger partial charge >= 0.3 is 0 Å². The minimum Gasteiger partial charge on any atom is -0.375 e. The largest absolute Gasteiger partial charge is 0.375 e. The molecule has 15 heavy (non-hydrogen) atoms. The van der Waals surface area contributed by atoms with Gasteiger partial charge in [0, 0.05) is 18.8 Å². The summed E-state index contributed by atoms with van der Waals surface area (Å²) in [5.74, 6) is -0.266. The van der Waals surface area contributed by atoms with Crippen LogP contribution in [-0.4, -0.2) is 35.4 Å². The third-order valence-corrected chi connectivity index (χ3v) is 1.57. The summed E-state index contributed by atoms with van der Waals surface area (Å²) >= 11 is 0. The first-order valence-corrected chi connectivity index (χ1v) is 4.35. The SMILES string of the molecule is O=C(CCOCC(F)F)c1cnccn1. The van der Waals surface area contributed by atoms with E-state index in [2.05, 4.69) is 14.7 Å². The second-order valence-electron chi connectivity index (χ2n) is 2.73. The summed E-state index contributed by atoms with van der Waals surface area (Å²) in [5.41, 5.74) is 0.221. The molecule has 1 aromatic heterocycles. The number of carbonyl (C=O) groups excluding carboxylic acids is 1. The third kappa shape index (κ3) is 4.55. The molecule has 1 heterocycles. The van der Waals surface area contributed by atoms with Gasteiger partial charge in [-0.15, -0.1) is 0 Å². The number of ether oxygens (including phenoxy) is 1. The molecule has 0 N–H and O–H groups in total. The topological polar surface area (TPSA) is 52.1 Å². The van der Waals surface area contributed by atoms with Crippen LogP contribution in [0.1, 0.15) is 16.9 Å². The molecule has 0 aliphatic rings. The molecule has 0 saturated heterocycles. The van der Waals surface area contributed by atoms with Gasteiger partial charge in [-0.2, -0.15) is 0 Å². The number of rotatable bonds is 6. The second-order valence-corrected chi connectivity index (χ2v) is 2.73. The lowest BCUT2D eigenvalue weighted by atomic mass is 10.2. The maximum absolute atomic E-state index is 11.6. The van der Waals surface area contributed by atoms with Crippen LogP contribution < -0.4 is 0 Å². The molecule has 0 aromatic carbocycles. The number of halogens is 2. The van der Waals surface area contributed by atoms with E-state index in [-0.39, 0.29) is 24.5 Å². The minimum atomic E-state index is -2.50. The van der Waals surface area contributed by atoms with Crippen molar-refractivity contribution in [1.82, 2.24) is 9.97 Å². The summed E-state index contributed by atoms with van der Waals surface area (Å²) in [4.78, 5) is 18.8. The first-order valence-electron chi connectivity index (χ1n) is 4.35. The molecule has 1 rings (SSSR count). The van der Waals surface area contributed by atoms with E-state index in [1.807, 2.05) is 0 Å². The highest BCUT2D eigenvalue weighted by Crippen LogP contribution is 1.99. The number of hydrogen-bond acceptors (Lipinski definition) is 4. The molecule has 0 amide bonds. The molecule has 0 aliphatic carbocycles. The van der Waals surface area contributed by atoms with Crippen molar-refractivity contribution in [2.24, 2.45) is 0 Å². The zero-order chi connectivity index (χ0) is 11.1. The third-order valence-electron chi connectivity index (χ3n) is 1.57. The molecular formula is C9H10F2N2O2.